The van der Waals surface area contributed by atoms with Crippen molar-refractivity contribution in [1.29, 1.82) is 0 Å². The van der Waals surface area contributed by atoms with Crippen LogP contribution in [0.4, 0.5) is 5.13 Å². The SMILES string of the molecule is CC1CCCCCN1Cc1ccc2nc(N)sc2c1. The molecule has 0 spiro atoms. The van der Waals surface area contributed by atoms with E-state index in [0.717, 1.165) is 12.1 Å². The fraction of sp³-hybridized carbons (Fsp3) is 0.533. The maximum atomic E-state index is 5.76. The van der Waals surface area contributed by atoms with E-state index in [1.165, 1.54) is 42.5 Å². The van der Waals surface area contributed by atoms with E-state index in [0.29, 0.717) is 11.2 Å². The van der Waals surface area contributed by atoms with Crippen LogP contribution in [0.3, 0.4) is 0 Å². The van der Waals surface area contributed by atoms with Gasteiger partial charge in [-0.25, -0.2) is 4.98 Å². The molecule has 102 valence electrons. The predicted octanol–water partition coefficient (Wildman–Crippen LogP) is 3.64. The molecule has 1 unspecified atom stereocenters. The van der Waals surface area contributed by atoms with Gasteiger partial charge in [-0.15, -0.1) is 0 Å². The summed E-state index contributed by atoms with van der Waals surface area (Å²) in [6, 6.07) is 7.24. The minimum absolute atomic E-state index is 0.662. The number of nitrogens with zero attached hydrogens (tertiary/aromatic N) is 2. The summed E-state index contributed by atoms with van der Waals surface area (Å²) in [5.74, 6) is 0. The van der Waals surface area contributed by atoms with Gasteiger partial charge in [0.05, 0.1) is 10.2 Å². The van der Waals surface area contributed by atoms with Gasteiger partial charge in [-0.05, 0) is 44.0 Å². The zero-order valence-electron chi connectivity index (χ0n) is 11.4. The van der Waals surface area contributed by atoms with Crippen LogP contribution in [0, 0.1) is 0 Å². The molecule has 19 heavy (non-hydrogen) atoms. The van der Waals surface area contributed by atoms with Gasteiger partial charge in [0.15, 0.2) is 5.13 Å². The third-order valence-corrected chi connectivity index (χ3v) is 4.89. The van der Waals surface area contributed by atoms with E-state index in [4.69, 9.17) is 5.73 Å². The van der Waals surface area contributed by atoms with Gasteiger partial charge < -0.3 is 5.73 Å². The molecule has 4 heteroatoms. The lowest BCUT2D eigenvalue weighted by atomic mass is 10.1. The Morgan fingerprint density at radius 3 is 3.16 bits per heavy atom. The average Bonchev–Trinajstić information content (AvgIpc) is 2.64. The summed E-state index contributed by atoms with van der Waals surface area (Å²) in [5, 5.41) is 0.662. The molecular weight excluding hydrogens is 254 g/mol. The molecule has 1 aliphatic heterocycles. The summed E-state index contributed by atoms with van der Waals surface area (Å²) >= 11 is 1.58. The maximum absolute atomic E-state index is 5.76. The van der Waals surface area contributed by atoms with Crippen LogP contribution >= 0.6 is 11.3 Å². The molecule has 0 amide bonds. The normalized spacial score (nSPS) is 21.6. The number of thiazole rings is 1. The van der Waals surface area contributed by atoms with Crippen LogP contribution in [0.25, 0.3) is 10.2 Å². The monoisotopic (exact) mass is 275 g/mol. The lowest BCUT2D eigenvalue weighted by Gasteiger charge is -2.26. The highest BCUT2D eigenvalue weighted by molar-refractivity contribution is 7.22. The molecule has 1 aromatic heterocycles. The highest BCUT2D eigenvalue weighted by atomic mass is 32.1. The van der Waals surface area contributed by atoms with Crippen LogP contribution in [0.5, 0.6) is 0 Å². The molecule has 1 saturated heterocycles. The van der Waals surface area contributed by atoms with Crippen molar-refractivity contribution < 1.29 is 0 Å². The minimum Gasteiger partial charge on any atom is -0.375 e. The number of nitrogens with two attached hydrogens (primary N) is 1. The molecule has 1 aliphatic rings. The van der Waals surface area contributed by atoms with Crippen LogP contribution in [-0.4, -0.2) is 22.5 Å². The molecule has 1 fully saturated rings. The molecule has 3 nitrogen and oxygen atoms in total. The van der Waals surface area contributed by atoms with Crippen molar-refractivity contribution >= 4 is 26.7 Å². The van der Waals surface area contributed by atoms with Gasteiger partial charge in [-0.2, -0.15) is 0 Å². The summed E-state index contributed by atoms with van der Waals surface area (Å²) in [7, 11) is 0. The summed E-state index contributed by atoms with van der Waals surface area (Å²) in [4.78, 5) is 6.92. The van der Waals surface area contributed by atoms with Gasteiger partial charge in [-0.1, -0.05) is 30.2 Å². The minimum atomic E-state index is 0.662. The van der Waals surface area contributed by atoms with E-state index in [1.54, 1.807) is 11.3 Å². The van der Waals surface area contributed by atoms with Crippen LogP contribution < -0.4 is 5.73 Å². The summed E-state index contributed by atoms with van der Waals surface area (Å²) < 4.78 is 1.21. The molecule has 1 aromatic carbocycles. The second-order valence-corrected chi connectivity index (χ2v) is 6.59. The van der Waals surface area contributed by atoms with E-state index in [2.05, 4.69) is 35.0 Å². The number of fused-ring (bicyclic) bond motifs is 1. The van der Waals surface area contributed by atoms with Crippen molar-refractivity contribution in [3.63, 3.8) is 0 Å². The van der Waals surface area contributed by atoms with Gasteiger partial charge in [0.1, 0.15) is 0 Å². The molecule has 1 atom stereocenters. The van der Waals surface area contributed by atoms with Crippen LogP contribution in [0.15, 0.2) is 18.2 Å². The van der Waals surface area contributed by atoms with Crippen molar-refractivity contribution in [2.24, 2.45) is 0 Å². The second kappa shape index (κ2) is 5.47. The third kappa shape index (κ3) is 2.90. The second-order valence-electron chi connectivity index (χ2n) is 5.52. The molecule has 0 aliphatic carbocycles. The van der Waals surface area contributed by atoms with Crippen molar-refractivity contribution in [3.05, 3.63) is 23.8 Å². The van der Waals surface area contributed by atoms with Crippen LogP contribution in [0.2, 0.25) is 0 Å². The first-order valence-electron chi connectivity index (χ1n) is 7.11. The van der Waals surface area contributed by atoms with Gasteiger partial charge in [0.25, 0.3) is 0 Å². The lowest BCUT2D eigenvalue weighted by Crippen LogP contribution is -2.31. The number of hydrogen-bond acceptors (Lipinski definition) is 4. The Morgan fingerprint density at radius 2 is 2.26 bits per heavy atom. The van der Waals surface area contributed by atoms with Crippen molar-refractivity contribution in [3.8, 4) is 0 Å². The van der Waals surface area contributed by atoms with Gasteiger partial charge in [0.2, 0.25) is 0 Å². The summed E-state index contributed by atoms with van der Waals surface area (Å²) in [5.41, 5.74) is 8.17. The Morgan fingerprint density at radius 1 is 1.37 bits per heavy atom. The first kappa shape index (κ1) is 12.9. The first-order valence-corrected chi connectivity index (χ1v) is 7.93. The first-order chi connectivity index (χ1) is 9.22. The van der Waals surface area contributed by atoms with E-state index in [9.17, 15) is 0 Å². The molecule has 2 N–H and O–H groups in total. The number of rotatable bonds is 2. The molecule has 0 radical (unpaired) electrons. The largest absolute Gasteiger partial charge is 0.375 e. The smallest absolute Gasteiger partial charge is 0.181 e. The number of benzene rings is 1. The lowest BCUT2D eigenvalue weighted by molar-refractivity contribution is 0.205. The average molecular weight is 275 g/mol. The topological polar surface area (TPSA) is 42.2 Å². The molecule has 0 bridgehead atoms. The number of anilines is 1. The van der Waals surface area contributed by atoms with Gasteiger partial charge >= 0.3 is 0 Å². The number of aromatic nitrogens is 1. The fourth-order valence-electron chi connectivity index (χ4n) is 2.89. The van der Waals surface area contributed by atoms with E-state index in [-0.39, 0.29) is 0 Å². The van der Waals surface area contributed by atoms with Crippen LogP contribution in [-0.2, 0) is 6.54 Å². The Hall–Kier alpha value is -1.13. The highest BCUT2D eigenvalue weighted by Crippen LogP contribution is 2.26. The quantitative estimate of drug-likeness (QED) is 0.909. The predicted molar refractivity (Wildman–Crippen MR) is 82.4 cm³/mol. The van der Waals surface area contributed by atoms with Gasteiger partial charge in [0, 0.05) is 12.6 Å². The molecule has 2 aromatic rings. The number of nitrogen functional groups attached to an aromatic ring is 1. The maximum Gasteiger partial charge on any atom is 0.181 e. The number of likely N-dealkylation sites (tertiary alicyclic amines) is 1. The summed E-state index contributed by atoms with van der Waals surface area (Å²) in [6.45, 7) is 4.63. The summed E-state index contributed by atoms with van der Waals surface area (Å²) in [6.07, 6.45) is 5.42. The Bertz CT molecular complexity index is 564. The van der Waals surface area contributed by atoms with Crippen molar-refractivity contribution in [1.82, 2.24) is 9.88 Å². The third-order valence-electron chi connectivity index (χ3n) is 4.05. The van der Waals surface area contributed by atoms with E-state index >= 15 is 0 Å². The Balaban J connectivity index is 1.79. The Labute approximate surface area is 118 Å². The standard InChI is InChI=1S/C15H21N3S/c1-11-5-3-2-4-8-18(11)10-12-6-7-13-14(9-12)19-15(16)17-13/h6-7,9,11H,2-5,8,10H2,1H3,(H2,16,17). The zero-order valence-corrected chi connectivity index (χ0v) is 12.2. The molecule has 3 rings (SSSR count). The van der Waals surface area contributed by atoms with Crippen molar-refractivity contribution in [2.75, 3.05) is 12.3 Å². The molecular formula is C15H21N3S. The zero-order chi connectivity index (χ0) is 13.2. The number of hydrogen-bond donors (Lipinski definition) is 1. The molecule has 0 saturated carbocycles. The van der Waals surface area contributed by atoms with Crippen LogP contribution in [0.1, 0.15) is 38.2 Å². The van der Waals surface area contributed by atoms with E-state index in [1.807, 2.05) is 0 Å². The van der Waals surface area contributed by atoms with E-state index < -0.39 is 0 Å². The molecule has 2 heterocycles. The fourth-order valence-corrected chi connectivity index (χ4v) is 3.69. The van der Waals surface area contributed by atoms with Gasteiger partial charge in [-0.3, -0.25) is 4.90 Å². The van der Waals surface area contributed by atoms with Crippen molar-refractivity contribution in [2.45, 2.75) is 45.2 Å². The Kier molecular flexibility index (Phi) is 3.71. The highest BCUT2D eigenvalue weighted by Gasteiger charge is 2.17.